The van der Waals surface area contributed by atoms with Crippen molar-refractivity contribution in [1.82, 2.24) is 0 Å². The summed E-state index contributed by atoms with van der Waals surface area (Å²) in [6.07, 6.45) is 1.25. The van der Waals surface area contributed by atoms with E-state index in [0.29, 0.717) is 12.0 Å². The van der Waals surface area contributed by atoms with Crippen LogP contribution in [0.4, 0.5) is 0 Å². The van der Waals surface area contributed by atoms with Crippen molar-refractivity contribution in [3.05, 3.63) is 23.3 Å². The number of benzene rings is 1. The van der Waals surface area contributed by atoms with Crippen molar-refractivity contribution in [3.63, 3.8) is 0 Å². The minimum Gasteiger partial charge on any atom is -0.276 e. The van der Waals surface area contributed by atoms with Crippen LogP contribution in [-0.2, 0) is 26.1 Å². The van der Waals surface area contributed by atoms with E-state index < -0.39 is 34.6 Å². The quantitative estimate of drug-likeness (QED) is 0.764. The second-order valence-corrected chi connectivity index (χ2v) is 11.0. The Morgan fingerprint density at radius 3 is 1.91 bits per heavy atom. The number of sulfone groups is 2. The molecule has 0 aliphatic rings. The summed E-state index contributed by atoms with van der Waals surface area (Å²) in [4.78, 5) is 10.8. The molecule has 0 radical (unpaired) electrons. The van der Waals surface area contributed by atoms with Gasteiger partial charge < -0.3 is 0 Å². The maximum atomic E-state index is 12.7. The van der Waals surface area contributed by atoms with Crippen molar-refractivity contribution in [2.45, 2.75) is 48.7 Å². The third-order valence-corrected chi connectivity index (χ3v) is 7.26. The molecule has 0 fully saturated rings. The van der Waals surface area contributed by atoms with Gasteiger partial charge in [-0.3, -0.25) is 4.79 Å². The van der Waals surface area contributed by atoms with Crippen molar-refractivity contribution in [3.8, 4) is 0 Å². The monoisotopic (exact) mass is 366 g/mol. The van der Waals surface area contributed by atoms with E-state index in [1.165, 1.54) is 26.8 Å². The second-order valence-electron chi connectivity index (χ2n) is 5.97. The zero-order chi connectivity index (χ0) is 17.5. The first-order valence-corrected chi connectivity index (χ1v) is 10.3. The van der Waals surface area contributed by atoms with Gasteiger partial charge in [0.15, 0.2) is 19.7 Å². The molecule has 1 aromatic carbocycles. The van der Waals surface area contributed by atoms with Crippen LogP contribution in [0.2, 0.25) is 0 Å². The Balaban J connectivity index is 3.98. The number of carbonyl (C=O) groups is 1. The third-order valence-electron chi connectivity index (χ3n) is 3.26. The SMILES string of the molecule is CCc1cc(S(=O)(=O)C(C)(C)C)c(S(C)(=O)=O)cc1C(=O)Cl. The third kappa shape index (κ3) is 3.52. The lowest BCUT2D eigenvalue weighted by Crippen LogP contribution is -2.29. The molecule has 0 bridgehead atoms. The smallest absolute Gasteiger partial charge is 0.252 e. The zero-order valence-electron chi connectivity index (χ0n) is 13.1. The van der Waals surface area contributed by atoms with Gasteiger partial charge in [0.2, 0.25) is 0 Å². The predicted octanol–water partition coefficient (Wildman–Crippen LogP) is 2.60. The fraction of sp³-hybridized carbons (Fsp3) is 0.500. The van der Waals surface area contributed by atoms with Gasteiger partial charge in [0.1, 0.15) is 0 Å². The average Bonchev–Trinajstić information content (AvgIpc) is 2.34. The molecular weight excluding hydrogens is 348 g/mol. The highest BCUT2D eigenvalue weighted by molar-refractivity contribution is 7.95. The first kappa shape index (κ1) is 19.1. The molecule has 0 unspecified atom stereocenters. The number of hydrogen-bond donors (Lipinski definition) is 0. The first-order valence-electron chi connectivity index (χ1n) is 6.55. The maximum Gasteiger partial charge on any atom is 0.252 e. The molecule has 0 aliphatic heterocycles. The van der Waals surface area contributed by atoms with Crippen molar-refractivity contribution < 1.29 is 21.6 Å². The van der Waals surface area contributed by atoms with Gasteiger partial charge in [0, 0.05) is 11.8 Å². The van der Waals surface area contributed by atoms with E-state index in [0.717, 1.165) is 12.3 Å². The topological polar surface area (TPSA) is 85.3 Å². The highest BCUT2D eigenvalue weighted by atomic mass is 35.5. The van der Waals surface area contributed by atoms with Crippen LogP contribution < -0.4 is 0 Å². The van der Waals surface area contributed by atoms with E-state index in [1.807, 2.05) is 0 Å². The molecule has 0 N–H and O–H groups in total. The number of aryl methyl sites for hydroxylation is 1. The summed E-state index contributed by atoms with van der Waals surface area (Å²) < 4.78 is 48.2. The molecule has 0 aromatic heterocycles. The van der Waals surface area contributed by atoms with Crippen LogP contribution in [0, 0.1) is 0 Å². The Labute approximate surface area is 136 Å². The van der Waals surface area contributed by atoms with Gasteiger partial charge in [-0.05, 0) is 56.5 Å². The van der Waals surface area contributed by atoms with Gasteiger partial charge in [0.25, 0.3) is 5.24 Å². The molecule has 0 saturated carbocycles. The summed E-state index contributed by atoms with van der Waals surface area (Å²) >= 11 is 5.48. The van der Waals surface area contributed by atoms with Crippen molar-refractivity contribution >= 4 is 36.5 Å². The molecule has 5 nitrogen and oxygen atoms in total. The normalized spacial score (nSPS) is 13.2. The molecule has 0 saturated heterocycles. The Morgan fingerprint density at radius 2 is 1.59 bits per heavy atom. The molecule has 0 atom stereocenters. The maximum absolute atomic E-state index is 12.7. The highest BCUT2D eigenvalue weighted by Crippen LogP contribution is 2.33. The number of hydrogen-bond acceptors (Lipinski definition) is 5. The second kappa shape index (κ2) is 5.94. The van der Waals surface area contributed by atoms with Crippen LogP contribution in [0.5, 0.6) is 0 Å². The lowest BCUT2D eigenvalue weighted by atomic mass is 10.1. The zero-order valence-corrected chi connectivity index (χ0v) is 15.5. The number of halogens is 1. The van der Waals surface area contributed by atoms with Crippen LogP contribution >= 0.6 is 11.6 Å². The summed E-state index contributed by atoms with van der Waals surface area (Å²) in [7, 11) is -7.75. The van der Waals surface area contributed by atoms with Gasteiger partial charge in [-0.25, -0.2) is 16.8 Å². The molecule has 0 aliphatic carbocycles. The van der Waals surface area contributed by atoms with Gasteiger partial charge in [-0.15, -0.1) is 0 Å². The average molecular weight is 367 g/mol. The molecule has 0 spiro atoms. The van der Waals surface area contributed by atoms with E-state index in [4.69, 9.17) is 11.6 Å². The lowest BCUT2D eigenvalue weighted by Gasteiger charge is -2.22. The van der Waals surface area contributed by atoms with E-state index >= 15 is 0 Å². The van der Waals surface area contributed by atoms with Crippen molar-refractivity contribution in [1.29, 1.82) is 0 Å². The predicted molar refractivity (Wildman–Crippen MR) is 86.1 cm³/mol. The van der Waals surface area contributed by atoms with E-state index in [-0.39, 0.29) is 10.5 Å². The lowest BCUT2D eigenvalue weighted by molar-refractivity contribution is 0.108. The number of rotatable bonds is 4. The molecule has 22 heavy (non-hydrogen) atoms. The molecular formula is C14H19ClO5S2. The summed E-state index contributed by atoms with van der Waals surface area (Å²) in [5.74, 6) is 0. The first-order chi connectivity index (χ1) is 9.73. The molecule has 1 aromatic rings. The van der Waals surface area contributed by atoms with Gasteiger partial charge in [-0.2, -0.15) is 0 Å². The molecule has 1 rings (SSSR count). The van der Waals surface area contributed by atoms with Crippen LogP contribution in [0.15, 0.2) is 21.9 Å². The Bertz CT molecular complexity index is 816. The summed E-state index contributed by atoms with van der Waals surface area (Å²) in [6, 6.07) is 2.30. The van der Waals surface area contributed by atoms with Crippen LogP contribution in [0.1, 0.15) is 43.6 Å². The van der Waals surface area contributed by atoms with Gasteiger partial charge in [0.05, 0.1) is 14.5 Å². The Hall–Kier alpha value is -0.920. The van der Waals surface area contributed by atoms with Gasteiger partial charge in [-0.1, -0.05) is 6.92 Å². The van der Waals surface area contributed by atoms with Crippen LogP contribution in [0.25, 0.3) is 0 Å². The summed E-state index contributed by atoms with van der Waals surface area (Å²) in [6.45, 7) is 6.19. The minimum absolute atomic E-state index is 0.0115. The summed E-state index contributed by atoms with van der Waals surface area (Å²) in [5.41, 5.74) is 0.410. The summed E-state index contributed by atoms with van der Waals surface area (Å²) in [5, 5.41) is -0.818. The molecule has 0 amide bonds. The van der Waals surface area contributed by atoms with E-state index in [9.17, 15) is 21.6 Å². The fourth-order valence-electron chi connectivity index (χ4n) is 1.91. The van der Waals surface area contributed by atoms with Crippen molar-refractivity contribution in [2.75, 3.05) is 6.26 Å². The molecule has 0 heterocycles. The standard InChI is InChI=1S/C14H19ClO5S2/c1-6-9-7-12(22(19,20)14(2,3)4)11(21(5,17)18)8-10(9)13(15)16/h7-8H,6H2,1-5H3. The molecule has 124 valence electrons. The van der Waals surface area contributed by atoms with E-state index in [1.54, 1.807) is 6.92 Å². The fourth-order valence-corrected chi connectivity index (χ4v) is 4.90. The largest absolute Gasteiger partial charge is 0.276 e. The van der Waals surface area contributed by atoms with Crippen LogP contribution in [0.3, 0.4) is 0 Å². The Morgan fingerprint density at radius 1 is 1.09 bits per heavy atom. The van der Waals surface area contributed by atoms with Crippen LogP contribution in [-0.4, -0.2) is 33.1 Å². The van der Waals surface area contributed by atoms with Crippen molar-refractivity contribution in [2.24, 2.45) is 0 Å². The minimum atomic E-state index is -3.90. The highest BCUT2D eigenvalue weighted by Gasteiger charge is 2.36. The molecule has 8 heteroatoms. The van der Waals surface area contributed by atoms with E-state index in [2.05, 4.69) is 0 Å². The number of carbonyl (C=O) groups excluding carboxylic acids is 1. The van der Waals surface area contributed by atoms with Gasteiger partial charge >= 0.3 is 0 Å². The Kier molecular flexibility index (Phi) is 5.16.